The van der Waals surface area contributed by atoms with Crippen molar-refractivity contribution < 1.29 is 4.42 Å². The summed E-state index contributed by atoms with van der Waals surface area (Å²) in [6.45, 7) is 0. The van der Waals surface area contributed by atoms with Gasteiger partial charge in [-0.05, 0) is 53.1 Å². The summed E-state index contributed by atoms with van der Waals surface area (Å²) in [4.78, 5) is 5.15. The lowest BCUT2D eigenvalue weighted by Crippen LogP contribution is -2.45. The first kappa shape index (κ1) is 32.3. The number of amidine groups is 1. The van der Waals surface area contributed by atoms with Crippen LogP contribution in [-0.2, 0) is 0 Å². The third kappa shape index (κ3) is 5.08. The van der Waals surface area contributed by atoms with Gasteiger partial charge in [-0.2, -0.15) is 0 Å². The Morgan fingerprint density at radius 2 is 1.19 bits per heavy atom. The second-order valence-electron chi connectivity index (χ2n) is 14.7. The molecule has 0 radical (unpaired) electrons. The second-order valence-corrected chi connectivity index (χ2v) is 15.8. The van der Waals surface area contributed by atoms with Gasteiger partial charge in [-0.1, -0.05) is 146 Å². The third-order valence-corrected chi connectivity index (χ3v) is 12.8. The van der Waals surface area contributed by atoms with Crippen molar-refractivity contribution in [2.24, 2.45) is 4.99 Å². The Balaban J connectivity index is 1.02. The van der Waals surface area contributed by atoms with Crippen molar-refractivity contribution in [1.29, 1.82) is 0 Å². The fourth-order valence-corrected chi connectivity index (χ4v) is 10.3. The minimum Gasteiger partial charge on any atom is -0.456 e. The van der Waals surface area contributed by atoms with Gasteiger partial charge in [-0.15, -0.1) is 11.3 Å². The van der Waals surface area contributed by atoms with Crippen molar-refractivity contribution in [3.63, 3.8) is 0 Å². The smallest absolute Gasteiger partial charge is 0.135 e. The van der Waals surface area contributed by atoms with Crippen molar-refractivity contribution in [3.05, 3.63) is 199 Å². The van der Waals surface area contributed by atoms with Gasteiger partial charge >= 0.3 is 0 Å². The van der Waals surface area contributed by atoms with Crippen LogP contribution in [0.15, 0.2) is 191 Å². The van der Waals surface area contributed by atoms with E-state index < -0.39 is 0 Å². The first-order valence-corrected chi connectivity index (χ1v) is 20.2. The predicted octanol–water partition coefficient (Wildman–Crippen LogP) is 13.1. The number of aliphatic imine (C=N–C) groups is 1. The summed E-state index contributed by atoms with van der Waals surface area (Å²) in [6, 6.07) is 64.8. The number of thiophene rings is 1. The van der Waals surface area contributed by atoms with Gasteiger partial charge in [0.25, 0.3) is 0 Å². The first-order valence-electron chi connectivity index (χ1n) is 19.4. The Hall–Kier alpha value is -6.99. The minimum absolute atomic E-state index is 0.221. The van der Waals surface area contributed by atoms with Crippen LogP contribution in [0.3, 0.4) is 0 Å². The molecule has 1 aliphatic rings. The molecule has 270 valence electrons. The van der Waals surface area contributed by atoms with E-state index in [4.69, 9.17) is 9.41 Å². The molecule has 2 atom stereocenters. The Morgan fingerprint density at radius 3 is 1.98 bits per heavy atom. The van der Waals surface area contributed by atoms with Gasteiger partial charge in [0.2, 0.25) is 0 Å². The van der Waals surface area contributed by atoms with Crippen LogP contribution in [0.4, 0.5) is 0 Å². The molecule has 0 bridgehead atoms. The molecule has 0 fully saturated rings. The van der Waals surface area contributed by atoms with Gasteiger partial charge in [0.05, 0.1) is 21.4 Å². The molecule has 5 nitrogen and oxygen atoms in total. The number of aromatic nitrogens is 1. The average Bonchev–Trinajstić information content (AvgIpc) is 3.96. The summed E-state index contributed by atoms with van der Waals surface area (Å²) in [7, 11) is 0. The number of para-hydroxylation sites is 2. The maximum atomic E-state index is 6.57. The topological polar surface area (TPSA) is 54.5 Å². The summed E-state index contributed by atoms with van der Waals surface area (Å²) in [5.41, 5.74) is 11.0. The van der Waals surface area contributed by atoms with E-state index in [2.05, 4.69) is 185 Å². The van der Waals surface area contributed by atoms with Gasteiger partial charge in [0.1, 0.15) is 29.3 Å². The van der Waals surface area contributed by atoms with Crippen LogP contribution < -0.4 is 10.6 Å². The van der Waals surface area contributed by atoms with E-state index in [9.17, 15) is 0 Å². The fourth-order valence-electron chi connectivity index (χ4n) is 8.92. The van der Waals surface area contributed by atoms with Crippen LogP contribution in [0.25, 0.3) is 80.7 Å². The van der Waals surface area contributed by atoms with Crippen LogP contribution in [0.1, 0.15) is 29.0 Å². The Morgan fingerprint density at radius 1 is 0.526 bits per heavy atom. The Kier molecular flexibility index (Phi) is 7.24. The summed E-state index contributed by atoms with van der Waals surface area (Å²) < 4.78 is 11.6. The monoisotopic (exact) mass is 750 g/mol. The number of fused-ring (bicyclic) bond motifs is 9. The van der Waals surface area contributed by atoms with Crippen molar-refractivity contribution in [3.8, 4) is 16.8 Å². The van der Waals surface area contributed by atoms with Gasteiger partial charge < -0.3 is 14.3 Å². The molecule has 0 spiro atoms. The predicted molar refractivity (Wildman–Crippen MR) is 238 cm³/mol. The molecule has 2 N–H and O–H groups in total. The first-order chi connectivity index (χ1) is 28.3. The minimum atomic E-state index is -0.227. The lowest BCUT2D eigenvalue weighted by atomic mass is 9.98. The van der Waals surface area contributed by atoms with Crippen molar-refractivity contribution >= 4 is 81.1 Å². The SMILES string of the molecule is c1ccc(C2=NC(c3ccccc3)NC(c3cccc4oc5ccc(-c6cccc7c6sc6c(-n8c9ccccc9c9ccccc98)cccc67)cc5c34)N2)cc1. The van der Waals surface area contributed by atoms with Crippen LogP contribution in [0.2, 0.25) is 0 Å². The number of benzene rings is 8. The van der Waals surface area contributed by atoms with E-state index in [1.54, 1.807) is 0 Å². The molecule has 8 aromatic carbocycles. The zero-order valence-corrected chi connectivity index (χ0v) is 31.5. The molecule has 0 saturated heterocycles. The van der Waals surface area contributed by atoms with E-state index in [1.165, 1.54) is 53.2 Å². The van der Waals surface area contributed by atoms with Gasteiger partial charge in [-0.3, -0.25) is 5.32 Å². The van der Waals surface area contributed by atoms with E-state index in [1.807, 2.05) is 23.5 Å². The maximum Gasteiger partial charge on any atom is 0.135 e. The number of hydrogen-bond acceptors (Lipinski definition) is 5. The zero-order valence-electron chi connectivity index (χ0n) is 30.7. The maximum absolute atomic E-state index is 6.57. The summed E-state index contributed by atoms with van der Waals surface area (Å²) in [6.07, 6.45) is -0.448. The molecule has 11 aromatic rings. The number of nitrogens with one attached hydrogen (secondary N) is 2. The lowest BCUT2D eigenvalue weighted by molar-refractivity contribution is 0.411. The molecule has 4 heterocycles. The van der Waals surface area contributed by atoms with E-state index in [0.717, 1.165) is 50.0 Å². The van der Waals surface area contributed by atoms with E-state index >= 15 is 0 Å². The summed E-state index contributed by atoms with van der Waals surface area (Å²) >= 11 is 1.88. The second kappa shape index (κ2) is 12.8. The molecule has 0 aliphatic carbocycles. The number of rotatable bonds is 5. The lowest BCUT2D eigenvalue weighted by Gasteiger charge is -2.32. The molecule has 57 heavy (non-hydrogen) atoms. The normalized spacial score (nSPS) is 15.9. The highest BCUT2D eigenvalue weighted by atomic mass is 32.1. The highest BCUT2D eigenvalue weighted by Gasteiger charge is 2.28. The molecule has 6 heteroatoms. The van der Waals surface area contributed by atoms with Crippen LogP contribution in [-0.4, -0.2) is 10.4 Å². The fraction of sp³-hybridized carbons (Fsp3) is 0.0392. The van der Waals surface area contributed by atoms with E-state index in [-0.39, 0.29) is 12.3 Å². The van der Waals surface area contributed by atoms with Crippen LogP contribution in [0, 0.1) is 0 Å². The zero-order chi connectivity index (χ0) is 37.5. The Labute approximate surface area is 332 Å². The van der Waals surface area contributed by atoms with Crippen molar-refractivity contribution in [2.75, 3.05) is 0 Å². The molecular formula is C51H34N4OS. The standard InChI is InChI=1S/C51H34N4OS/c1-3-14-31(15-4-1)49-52-50(32-16-5-2-6-17-32)54-51(53-49)39-23-13-27-45-46(39)40-30-33(28-29-44(40)56-45)34-20-11-21-37-38-22-12-26-43(48(38)57-47(34)37)55-41-24-9-7-18-35(41)36-19-8-10-25-42(36)55/h1-30,49,51,53H,(H,52,54). The van der Waals surface area contributed by atoms with E-state index in [0.29, 0.717) is 0 Å². The molecule has 1 aliphatic heterocycles. The van der Waals surface area contributed by atoms with Gasteiger partial charge in [0, 0.05) is 48.1 Å². The third-order valence-electron chi connectivity index (χ3n) is 11.5. The highest BCUT2D eigenvalue weighted by Crippen LogP contribution is 2.45. The summed E-state index contributed by atoms with van der Waals surface area (Å²) in [5.74, 6) is 0.857. The molecule has 3 aromatic heterocycles. The summed E-state index contributed by atoms with van der Waals surface area (Å²) in [5, 5.41) is 14.8. The van der Waals surface area contributed by atoms with Crippen molar-refractivity contribution in [2.45, 2.75) is 12.3 Å². The molecule has 0 amide bonds. The molecule has 12 rings (SSSR count). The quantitative estimate of drug-likeness (QED) is 0.184. The molecule has 0 saturated carbocycles. The highest BCUT2D eigenvalue weighted by molar-refractivity contribution is 7.26. The van der Waals surface area contributed by atoms with Crippen LogP contribution >= 0.6 is 11.3 Å². The Bertz CT molecular complexity index is 3320. The molecule has 2 unspecified atom stereocenters. The number of hydrogen-bond donors (Lipinski definition) is 2. The van der Waals surface area contributed by atoms with Crippen molar-refractivity contribution in [1.82, 2.24) is 15.2 Å². The van der Waals surface area contributed by atoms with Gasteiger partial charge in [0.15, 0.2) is 0 Å². The van der Waals surface area contributed by atoms with Crippen LogP contribution in [0.5, 0.6) is 0 Å². The number of nitrogens with zero attached hydrogens (tertiary/aromatic N) is 2. The molecular weight excluding hydrogens is 717 g/mol. The largest absolute Gasteiger partial charge is 0.456 e. The number of furan rings is 1. The van der Waals surface area contributed by atoms with Gasteiger partial charge in [-0.25, -0.2) is 4.99 Å². The average molecular weight is 751 g/mol.